The summed E-state index contributed by atoms with van der Waals surface area (Å²) >= 11 is 0. The summed E-state index contributed by atoms with van der Waals surface area (Å²) in [5.41, 5.74) is 0.812. The van der Waals surface area contributed by atoms with Crippen LogP contribution in [0.2, 0.25) is 0 Å². The molecule has 0 unspecified atom stereocenters. The van der Waals surface area contributed by atoms with E-state index in [9.17, 15) is 8.78 Å². The fourth-order valence-corrected chi connectivity index (χ4v) is 1.16. The lowest BCUT2D eigenvalue weighted by atomic mass is 10.2. The van der Waals surface area contributed by atoms with E-state index in [2.05, 4.69) is 15.3 Å². The molecule has 0 aromatic carbocycles. The van der Waals surface area contributed by atoms with Crippen molar-refractivity contribution in [3.63, 3.8) is 0 Å². The number of alkyl halides is 2. The van der Waals surface area contributed by atoms with Crippen molar-refractivity contribution in [3.8, 4) is 0 Å². The van der Waals surface area contributed by atoms with Gasteiger partial charge in [0.25, 0.3) is 5.92 Å². The summed E-state index contributed by atoms with van der Waals surface area (Å²) in [5, 5.41) is 10.9. The van der Waals surface area contributed by atoms with E-state index in [0.717, 1.165) is 18.5 Å². The summed E-state index contributed by atoms with van der Waals surface area (Å²) in [7, 11) is 0. The second-order valence-corrected chi connectivity index (χ2v) is 3.51. The third-order valence-corrected chi connectivity index (χ3v) is 1.99. The van der Waals surface area contributed by atoms with Gasteiger partial charge in [-0.05, 0) is 6.42 Å². The van der Waals surface area contributed by atoms with Gasteiger partial charge in [0.05, 0.1) is 6.54 Å². The van der Waals surface area contributed by atoms with Gasteiger partial charge in [0, 0.05) is 11.8 Å². The minimum Gasteiger partial charge on any atom is -0.390 e. The molecule has 0 aliphatic heterocycles. The summed E-state index contributed by atoms with van der Waals surface area (Å²) in [4.78, 5) is 7.83. The Bertz CT molecular complexity index is 334. The van der Waals surface area contributed by atoms with E-state index in [1.54, 1.807) is 6.07 Å². The number of hydrogen-bond acceptors (Lipinski definition) is 4. The molecule has 1 rings (SSSR count). The van der Waals surface area contributed by atoms with E-state index in [0.29, 0.717) is 5.82 Å². The van der Waals surface area contributed by atoms with Gasteiger partial charge in [-0.3, -0.25) is 0 Å². The minimum absolute atomic E-state index is 0.353. The number of nitrogens with zero attached hydrogens (tertiary/aromatic N) is 2. The van der Waals surface area contributed by atoms with Gasteiger partial charge in [-0.1, -0.05) is 13.3 Å². The minimum atomic E-state index is -3.13. The van der Waals surface area contributed by atoms with Crippen molar-refractivity contribution < 1.29 is 13.9 Å². The molecule has 16 heavy (non-hydrogen) atoms. The highest BCUT2D eigenvalue weighted by atomic mass is 19.3. The lowest BCUT2D eigenvalue weighted by molar-refractivity contribution is -0.0373. The number of aliphatic hydroxyl groups is 1. The van der Waals surface area contributed by atoms with Crippen LogP contribution in [0.5, 0.6) is 0 Å². The standard InChI is InChI=1S/C10H15F2N3O/c1-2-3-8-4-9(15-7-14-8)13-5-10(11,12)6-16/h4,7,16H,2-3,5-6H2,1H3,(H,13,14,15). The van der Waals surface area contributed by atoms with Crippen LogP contribution >= 0.6 is 0 Å². The second-order valence-electron chi connectivity index (χ2n) is 3.51. The highest BCUT2D eigenvalue weighted by molar-refractivity contribution is 5.35. The van der Waals surface area contributed by atoms with E-state index in [-0.39, 0.29) is 0 Å². The van der Waals surface area contributed by atoms with Gasteiger partial charge in [0.1, 0.15) is 18.8 Å². The van der Waals surface area contributed by atoms with Crippen LogP contribution in [0.3, 0.4) is 0 Å². The smallest absolute Gasteiger partial charge is 0.287 e. The number of hydrogen-bond donors (Lipinski definition) is 2. The number of aromatic nitrogens is 2. The zero-order valence-corrected chi connectivity index (χ0v) is 9.08. The van der Waals surface area contributed by atoms with E-state index in [1.165, 1.54) is 6.33 Å². The lowest BCUT2D eigenvalue weighted by Crippen LogP contribution is -2.31. The molecule has 0 atom stereocenters. The number of anilines is 1. The Hall–Kier alpha value is -1.30. The van der Waals surface area contributed by atoms with E-state index < -0.39 is 19.1 Å². The largest absolute Gasteiger partial charge is 0.390 e. The van der Waals surface area contributed by atoms with Crippen molar-refractivity contribution in [2.24, 2.45) is 0 Å². The number of aryl methyl sites for hydroxylation is 1. The Balaban J connectivity index is 2.57. The molecule has 1 aromatic heterocycles. The molecular formula is C10H15F2N3O. The van der Waals surface area contributed by atoms with Gasteiger partial charge < -0.3 is 10.4 Å². The fourth-order valence-electron chi connectivity index (χ4n) is 1.16. The topological polar surface area (TPSA) is 58.0 Å². The summed E-state index contributed by atoms with van der Waals surface area (Å²) in [5.74, 6) is -2.78. The van der Waals surface area contributed by atoms with Crippen molar-refractivity contribution in [1.82, 2.24) is 9.97 Å². The maximum absolute atomic E-state index is 12.7. The third kappa shape index (κ3) is 4.06. The Morgan fingerprint density at radius 2 is 2.19 bits per heavy atom. The molecule has 0 aliphatic carbocycles. The Kier molecular flexibility index (Phi) is 4.54. The summed E-state index contributed by atoms with van der Waals surface area (Å²) in [6.07, 6.45) is 3.06. The SMILES string of the molecule is CCCc1cc(NCC(F)(F)CO)ncn1. The summed E-state index contributed by atoms with van der Waals surface area (Å²) in [6.45, 7) is 0.202. The number of halogens is 2. The molecular weight excluding hydrogens is 216 g/mol. The Morgan fingerprint density at radius 1 is 1.44 bits per heavy atom. The van der Waals surface area contributed by atoms with E-state index >= 15 is 0 Å². The van der Waals surface area contributed by atoms with Crippen LogP contribution in [0, 0.1) is 0 Å². The van der Waals surface area contributed by atoms with Crippen LogP contribution in [0.15, 0.2) is 12.4 Å². The fraction of sp³-hybridized carbons (Fsp3) is 0.600. The molecule has 6 heteroatoms. The average Bonchev–Trinajstić information content (AvgIpc) is 2.28. The maximum Gasteiger partial charge on any atom is 0.287 e. The van der Waals surface area contributed by atoms with Gasteiger partial charge in [-0.15, -0.1) is 0 Å². The molecule has 1 aromatic rings. The zero-order valence-electron chi connectivity index (χ0n) is 9.08. The molecule has 0 bridgehead atoms. The van der Waals surface area contributed by atoms with Gasteiger partial charge >= 0.3 is 0 Å². The summed E-state index contributed by atoms with van der Waals surface area (Å²) in [6, 6.07) is 1.64. The lowest BCUT2D eigenvalue weighted by Gasteiger charge is -2.14. The average molecular weight is 231 g/mol. The zero-order chi connectivity index (χ0) is 12.0. The van der Waals surface area contributed by atoms with Crippen LogP contribution in [0.25, 0.3) is 0 Å². The molecule has 0 fully saturated rings. The van der Waals surface area contributed by atoms with Crippen LogP contribution in [-0.4, -0.2) is 34.1 Å². The van der Waals surface area contributed by atoms with Crippen LogP contribution in [0.4, 0.5) is 14.6 Å². The molecule has 0 aliphatic rings. The third-order valence-electron chi connectivity index (χ3n) is 1.99. The van der Waals surface area contributed by atoms with Crippen molar-refractivity contribution in [2.75, 3.05) is 18.5 Å². The molecule has 0 saturated heterocycles. The van der Waals surface area contributed by atoms with Crippen LogP contribution in [-0.2, 0) is 6.42 Å². The first kappa shape index (κ1) is 12.8. The molecule has 0 spiro atoms. The van der Waals surface area contributed by atoms with Gasteiger partial charge in [0.15, 0.2) is 0 Å². The molecule has 0 radical (unpaired) electrons. The first-order chi connectivity index (χ1) is 7.57. The quantitative estimate of drug-likeness (QED) is 0.778. The Morgan fingerprint density at radius 3 is 2.81 bits per heavy atom. The highest BCUT2D eigenvalue weighted by Crippen LogP contribution is 2.13. The van der Waals surface area contributed by atoms with Gasteiger partial charge in [-0.25, -0.2) is 18.7 Å². The summed E-state index contributed by atoms with van der Waals surface area (Å²) < 4.78 is 25.5. The van der Waals surface area contributed by atoms with Gasteiger partial charge in [-0.2, -0.15) is 0 Å². The van der Waals surface area contributed by atoms with Crippen molar-refractivity contribution in [1.29, 1.82) is 0 Å². The monoisotopic (exact) mass is 231 g/mol. The molecule has 1 heterocycles. The highest BCUT2D eigenvalue weighted by Gasteiger charge is 2.27. The number of rotatable bonds is 6. The Labute approximate surface area is 92.7 Å². The molecule has 0 saturated carbocycles. The van der Waals surface area contributed by atoms with Crippen molar-refractivity contribution in [2.45, 2.75) is 25.7 Å². The molecule has 90 valence electrons. The number of aliphatic hydroxyl groups excluding tert-OH is 1. The first-order valence-corrected chi connectivity index (χ1v) is 5.11. The molecule has 0 amide bonds. The van der Waals surface area contributed by atoms with E-state index in [4.69, 9.17) is 5.11 Å². The predicted octanol–water partition coefficient (Wildman–Crippen LogP) is 1.47. The predicted molar refractivity (Wildman–Crippen MR) is 56.5 cm³/mol. The van der Waals surface area contributed by atoms with Crippen molar-refractivity contribution in [3.05, 3.63) is 18.1 Å². The van der Waals surface area contributed by atoms with E-state index in [1.807, 2.05) is 6.92 Å². The van der Waals surface area contributed by atoms with Crippen molar-refractivity contribution >= 4 is 5.82 Å². The normalized spacial score (nSPS) is 11.5. The van der Waals surface area contributed by atoms with Crippen LogP contribution < -0.4 is 5.32 Å². The molecule has 4 nitrogen and oxygen atoms in total. The van der Waals surface area contributed by atoms with Gasteiger partial charge in [0.2, 0.25) is 0 Å². The second kappa shape index (κ2) is 5.69. The maximum atomic E-state index is 12.7. The first-order valence-electron chi connectivity index (χ1n) is 5.11. The molecule has 2 N–H and O–H groups in total. The van der Waals surface area contributed by atoms with Crippen LogP contribution in [0.1, 0.15) is 19.0 Å². The number of nitrogens with one attached hydrogen (secondary N) is 1.